The van der Waals surface area contributed by atoms with Crippen molar-refractivity contribution in [2.75, 3.05) is 33.3 Å². The molecule has 31 heavy (non-hydrogen) atoms. The number of fused-ring (bicyclic) bond motifs is 2. The van der Waals surface area contributed by atoms with Crippen molar-refractivity contribution in [1.29, 1.82) is 0 Å². The molecule has 0 aliphatic carbocycles. The number of benzene rings is 2. The first-order chi connectivity index (χ1) is 15.1. The number of amides is 2. The Morgan fingerprint density at radius 1 is 1.03 bits per heavy atom. The van der Waals surface area contributed by atoms with Crippen LogP contribution in [0, 0.1) is 0 Å². The van der Waals surface area contributed by atoms with Crippen LogP contribution in [0.25, 0.3) is 21.9 Å². The first-order valence-corrected chi connectivity index (χ1v) is 10.3. The van der Waals surface area contributed by atoms with E-state index in [0.717, 1.165) is 21.9 Å². The van der Waals surface area contributed by atoms with Crippen molar-refractivity contribution >= 4 is 33.7 Å². The quantitative estimate of drug-likeness (QED) is 0.552. The number of para-hydroxylation sites is 2. The molecule has 1 fully saturated rings. The maximum absolute atomic E-state index is 12.9. The highest BCUT2D eigenvalue weighted by Crippen LogP contribution is 2.29. The zero-order chi connectivity index (χ0) is 21.4. The number of nitrogens with one attached hydrogen (secondary N) is 1. The molecule has 2 amide bonds. The van der Waals surface area contributed by atoms with Gasteiger partial charge in [-0.15, -0.1) is 0 Å². The monoisotopic (exact) mass is 417 g/mol. The van der Waals surface area contributed by atoms with Crippen molar-refractivity contribution in [3.63, 3.8) is 0 Å². The summed E-state index contributed by atoms with van der Waals surface area (Å²) in [6, 6.07) is 15.3. The van der Waals surface area contributed by atoms with Gasteiger partial charge < -0.3 is 23.9 Å². The molecule has 0 spiro atoms. The lowest BCUT2D eigenvalue weighted by molar-refractivity contribution is -0.131. The summed E-state index contributed by atoms with van der Waals surface area (Å²) >= 11 is 0. The number of carbonyl (C=O) groups is 2. The second kappa shape index (κ2) is 7.83. The molecular weight excluding hydrogens is 394 g/mol. The highest BCUT2D eigenvalue weighted by molar-refractivity contribution is 5.97. The third kappa shape index (κ3) is 3.52. The van der Waals surface area contributed by atoms with E-state index >= 15 is 0 Å². The molecule has 1 N–H and O–H groups in total. The second-order valence-corrected chi connectivity index (χ2v) is 7.70. The Kier molecular flexibility index (Phi) is 4.86. The van der Waals surface area contributed by atoms with E-state index in [4.69, 9.17) is 9.15 Å². The number of hydrogen-bond acceptors (Lipinski definition) is 4. The molecule has 2 aromatic carbocycles. The Morgan fingerprint density at radius 3 is 2.61 bits per heavy atom. The molecule has 1 aliphatic heterocycles. The largest absolute Gasteiger partial charge is 0.493 e. The zero-order valence-corrected chi connectivity index (χ0v) is 17.3. The standard InChI is InChI=1S/C24H23N3O4/c1-30-20-8-4-5-16-13-21(31-23(16)20)24(29)27-11-9-26(10-12-27)22(28)14-17-15-25-19-7-3-2-6-18(17)19/h2-8,13,15,25H,9-12,14H2,1H3. The molecule has 1 aliphatic rings. The van der Waals surface area contributed by atoms with Gasteiger partial charge >= 0.3 is 0 Å². The molecule has 4 aromatic rings. The maximum atomic E-state index is 12.9. The van der Waals surface area contributed by atoms with Gasteiger partial charge in [-0.05, 0) is 23.8 Å². The van der Waals surface area contributed by atoms with Crippen molar-refractivity contribution in [2.45, 2.75) is 6.42 Å². The van der Waals surface area contributed by atoms with Crippen molar-refractivity contribution in [2.24, 2.45) is 0 Å². The van der Waals surface area contributed by atoms with Gasteiger partial charge in [-0.1, -0.05) is 30.3 Å². The van der Waals surface area contributed by atoms with Crippen LogP contribution in [0.5, 0.6) is 5.75 Å². The summed E-state index contributed by atoms with van der Waals surface area (Å²) < 4.78 is 11.1. The topological polar surface area (TPSA) is 78.8 Å². The van der Waals surface area contributed by atoms with Crippen molar-refractivity contribution < 1.29 is 18.7 Å². The number of nitrogens with zero attached hydrogens (tertiary/aromatic N) is 2. The van der Waals surface area contributed by atoms with Gasteiger partial charge in [0.25, 0.3) is 5.91 Å². The highest BCUT2D eigenvalue weighted by atomic mass is 16.5. The molecule has 0 atom stereocenters. The van der Waals surface area contributed by atoms with Gasteiger partial charge in [0.2, 0.25) is 5.91 Å². The summed E-state index contributed by atoms with van der Waals surface area (Å²) in [7, 11) is 1.57. The van der Waals surface area contributed by atoms with Crippen LogP contribution in [0.4, 0.5) is 0 Å². The minimum Gasteiger partial charge on any atom is -0.493 e. The van der Waals surface area contributed by atoms with Crippen molar-refractivity contribution in [3.05, 3.63) is 66.1 Å². The number of H-pyrrole nitrogens is 1. The van der Waals surface area contributed by atoms with Gasteiger partial charge in [-0.25, -0.2) is 0 Å². The average molecular weight is 417 g/mol. The molecule has 0 unspecified atom stereocenters. The molecule has 0 bridgehead atoms. The Hall–Kier alpha value is -3.74. The summed E-state index contributed by atoms with van der Waals surface area (Å²) in [4.78, 5) is 32.5. The zero-order valence-electron chi connectivity index (χ0n) is 17.3. The van der Waals surface area contributed by atoms with Crippen LogP contribution in [0.2, 0.25) is 0 Å². The molecule has 7 heteroatoms. The van der Waals surface area contributed by atoms with E-state index in [1.165, 1.54) is 0 Å². The number of furan rings is 1. The number of ether oxygens (including phenoxy) is 1. The fourth-order valence-corrected chi connectivity index (χ4v) is 4.17. The highest BCUT2D eigenvalue weighted by Gasteiger charge is 2.27. The summed E-state index contributed by atoms with van der Waals surface area (Å²) in [5, 5.41) is 1.90. The summed E-state index contributed by atoms with van der Waals surface area (Å²) in [6.45, 7) is 1.98. The van der Waals surface area contributed by atoms with Crippen LogP contribution in [-0.2, 0) is 11.2 Å². The van der Waals surface area contributed by atoms with Crippen LogP contribution in [0.1, 0.15) is 16.1 Å². The smallest absolute Gasteiger partial charge is 0.289 e. The number of hydrogen-bond donors (Lipinski definition) is 1. The number of methoxy groups -OCH3 is 1. The molecule has 0 saturated carbocycles. The number of carbonyl (C=O) groups excluding carboxylic acids is 2. The van der Waals surface area contributed by atoms with Gasteiger partial charge in [0.1, 0.15) is 0 Å². The van der Waals surface area contributed by atoms with Gasteiger partial charge in [0.15, 0.2) is 17.1 Å². The summed E-state index contributed by atoms with van der Waals surface area (Å²) in [6.07, 6.45) is 2.25. The van der Waals surface area contributed by atoms with E-state index in [-0.39, 0.29) is 17.6 Å². The van der Waals surface area contributed by atoms with Crippen LogP contribution < -0.4 is 4.74 Å². The van der Waals surface area contributed by atoms with E-state index in [1.54, 1.807) is 24.1 Å². The minimum atomic E-state index is -0.165. The summed E-state index contributed by atoms with van der Waals surface area (Å²) in [5.41, 5.74) is 2.60. The van der Waals surface area contributed by atoms with Crippen LogP contribution >= 0.6 is 0 Å². The SMILES string of the molecule is COc1cccc2cc(C(=O)N3CCN(C(=O)Cc4c[nH]c5ccccc45)CC3)oc12. The number of aromatic amines is 1. The van der Waals surface area contributed by atoms with E-state index in [1.807, 2.05) is 47.5 Å². The minimum absolute atomic E-state index is 0.0744. The fourth-order valence-electron chi connectivity index (χ4n) is 4.17. The predicted molar refractivity (Wildman–Crippen MR) is 117 cm³/mol. The lowest BCUT2D eigenvalue weighted by Gasteiger charge is -2.34. The Balaban J connectivity index is 1.24. The molecule has 2 aromatic heterocycles. The third-order valence-corrected chi connectivity index (χ3v) is 5.87. The molecule has 7 nitrogen and oxygen atoms in total. The molecule has 3 heterocycles. The van der Waals surface area contributed by atoms with Crippen molar-refractivity contribution in [1.82, 2.24) is 14.8 Å². The molecule has 158 valence electrons. The van der Waals surface area contributed by atoms with Crippen LogP contribution in [0.3, 0.4) is 0 Å². The van der Waals surface area contributed by atoms with E-state index in [2.05, 4.69) is 4.98 Å². The Bertz CT molecular complexity index is 1260. The van der Waals surface area contributed by atoms with Gasteiger partial charge in [-0.2, -0.15) is 0 Å². The normalized spacial score (nSPS) is 14.4. The lowest BCUT2D eigenvalue weighted by atomic mass is 10.1. The number of rotatable bonds is 4. The first kappa shape index (κ1) is 19.2. The number of aromatic nitrogens is 1. The average Bonchev–Trinajstić information content (AvgIpc) is 3.43. The Morgan fingerprint density at radius 2 is 1.81 bits per heavy atom. The van der Waals surface area contributed by atoms with Crippen LogP contribution in [-0.4, -0.2) is 59.9 Å². The first-order valence-electron chi connectivity index (χ1n) is 10.3. The third-order valence-electron chi connectivity index (χ3n) is 5.87. The van der Waals surface area contributed by atoms with Crippen molar-refractivity contribution in [3.8, 4) is 5.75 Å². The number of piperazine rings is 1. The lowest BCUT2D eigenvalue weighted by Crippen LogP contribution is -2.50. The Labute approximate surface area is 179 Å². The van der Waals surface area contributed by atoms with E-state index in [0.29, 0.717) is 43.9 Å². The fraction of sp³-hybridized carbons (Fsp3) is 0.250. The molecule has 5 rings (SSSR count). The maximum Gasteiger partial charge on any atom is 0.289 e. The van der Waals surface area contributed by atoms with Gasteiger partial charge in [0, 0.05) is 48.7 Å². The molecule has 0 radical (unpaired) electrons. The molecular formula is C24H23N3O4. The summed E-state index contributed by atoms with van der Waals surface area (Å²) in [5.74, 6) is 0.801. The molecule has 1 saturated heterocycles. The van der Waals surface area contributed by atoms with E-state index < -0.39 is 0 Å². The second-order valence-electron chi connectivity index (χ2n) is 7.70. The van der Waals surface area contributed by atoms with Gasteiger partial charge in [-0.3, -0.25) is 9.59 Å². The van der Waals surface area contributed by atoms with Crippen LogP contribution in [0.15, 0.2) is 59.1 Å². The predicted octanol–water partition coefficient (Wildman–Crippen LogP) is 3.45. The van der Waals surface area contributed by atoms with Gasteiger partial charge in [0.05, 0.1) is 13.5 Å². The van der Waals surface area contributed by atoms with E-state index in [9.17, 15) is 9.59 Å².